The van der Waals surface area contributed by atoms with Crippen LogP contribution in [0.5, 0.6) is 0 Å². The molecule has 1 rings (SSSR count). The second kappa shape index (κ2) is 8.46. The molecule has 120 valence electrons. The van der Waals surface area contributed by atoms with Gasteiger partial charge in [0.15, 0.2) is 0 Å². The molecule has 8 nitrogen and oxygen atoms in total. The summed E-state index contributed by atoms with van der Waals surface area (Å²) in [7, 11) is 1.97. The lowest BCUT2D eigenvalue weighted by Crippen LogP contribution is -2.52. The molecule has 21 heavy (non-hydrogen) atoms. The van der Waals surface area contributed by atoms with Crippen molar-refractivity contribution < 1.29 is 24.6 Å². The molecule has 1 aliphatic heterocycles. The molecule has 4 N–H and O–H groups in total. The van der Waals surface area contributed by atoms with E-state index in [9.17, 15) is 14.4 Å². The number of hydrogen-bond donors (Lipinski definition) is 4. The topological polar surface area (TPSA) is 119 Å². The highest BCUT2D eigenvalue weighted by molar-refractivity contribution is 5.82. The fourth-order valence-corrected chi connectivity index (χ4v) is 2.38. The second-order valence-electron chi connectivity index (χ2n) is 5.40. The molecule has 8 heteroatoms. The minimum Gasteiger partial charge on any atom is -0.481 e. The molecule has 2 atom stereocenters. The Morgan fingerprint density at radius 3 is 2.62 bits per heavy atom. The molecule has 0 aromatic carbocycles. The van der Waals surface area contributed by atoms with Gasteiger partial charge < -0.3 is 25.7 Å². The van der Waals surface area contributed by atoms with E-state index in [1.54, 1.807) is 0 Å². The molecule has 1 aliphatic rings. The second-order valence-corrected chi connectivity index (χ2v) is 5.40. The van der Waals surface area contributed by atoms with E-state index >= 15 is 0 Å². The fourth-order valence-electron chi connectivity index (χ4n) is 2.38. The highest BCUT2D eigenvalue weighted by Crippen LogP contribution is 2.08. The lowest BCUT2D eigenvalue weighted by molar-refractivity contribution is -0.140. The molecule has 0 aromatic rings. The molecule has 2 amide bonds. The van der Waals surface area contributed by atoms with Crippen molar-refractivity contribution in [3.05, 3.63) is 0 Å². The molecule has 1 unspecified atom stereocenters. The number of piperidine rings is 1. The van der Waals surface area contributed by atoms with Gasteiger partial charge in [0.25, 0.3) is 0 Å². The van der Waals surface area contributed by atoms with Gasteiger partial charge >= 0.3 is 18.0 Å². The minimum atomic E-state index is -1.16. The maximum atomic E-state index is 11.8. The van der Waals surface area contributed by atoms with E-state index < -0.39 is 24.0 Å². The van der Waals surface area contributed by atoms with Crippen LogP contribution >= 0.6 is 0 Å². The van der Waals surface area contributed by atoms with E-state index in [0.29, 0.717) is 0 Å². The third-order valence-electron chi connectivity index (χ3n) is 3.45. The van der Waals surface area contributed by atoms with Crippen LogP contribution < -0.4 is 10.6 Å². The number of carbonyl (C=O) groups is 3. The van der Waals surface area contributed by atoms with E-state index in [0.717, 1.165) is 25.9 Å². The SMILES string of the molecule is CN1CCCC(NC(=O)N[C@H](CCCC(=O)O)C(=O)O)C1. The fraction of sp³-hybridized carbons (Fsp3) is 0.769. The Kier molecular flexibility index (Phi) is 6.93. The number of likely N-dealkylation sites (N-methyl/N-ethyl adjacent to an activating group) is 1. The van der Waals surface area contributed by atoms with Gasteiger partial charge in [-0.25, -0.2) is 9.59 Å². The number of carbonyl (C=O) groups excluding carboxylic acids is 1. The zero-order chi connectivity index (χ0) is 15.8. The average Bonchev–Trinajstić information content (AvgIpc) is 2.36. The first kappa shape index (κ1) is 17.2. The van der Waals surface area contributed by atoms with Gasteiger partial charge in [-0.05, 0) is 39.3 Å². The highest BCUT2D eigenvalue weighted by Gasteiger charge is 2.23. The summed E-state index contributed by atoms with van der Waals surface area (Å²) in [6.07, 6.45) is 2.05. The van der Waals surface area contributed by atoms with Crippen LogP contribution in [0.25, 0.3) is 0 Å². The van der Waals surface area contributed by atoms with Crippen LogP contribution in [-0.4, -0.2) is 65.3 Å². The monoisotopic (exact) mass is 301 g/mol. The van der Waals surface area contributed by atoms with Crippen LogP contribution in [0.3, 0.4) is 0 Å². The number of nitrogens with zero attached hydrogens (tertiary/aromatic N) is 1. The van der Waals surface area contributed by atoms with Crippen molar-refractivity contribution in [3.63, 3.8) is 0 Å². The number of nitrogens with one attached hydrogen (secondary N) is 2. The first-order chi connectivity index (χ1) is 9.88. The van der Waals surface area contributed by atoms with Crippen LogP contribution in [-0.2, 0) is 9.59 Å². The zero-order valence-corrected chi connectivity index (χ0v) is 12.2. The Morgan fingerprint density at radius 2 is 2.05 bits per heavy atom. The number of amides is 2. The largest absolute Gasteiger partial charge is 0.481 e. The number of rotatable bonds is 7. The quantitative estimate of drug-likeness (QED) is 0.529. The molecule has 0 bridgehead atoms. The van der Waals surface area contributed by atoms with Gasteiger partial charge in [0, 0.05) is 19.0 Å². The molecule has 1 heterocycles. The number of aliphatic carboxylic acids is 2. The van der Waals surface area contributed by atoms with Gasteiger partial charge in [0.2, 0.25) is 0 Å². The smallest absolute Gasteiger partial charge is 0.326 e. The zero-order valence-electron chi connectivity index (χ0n) is 12.2. The van der Waals surface area contributed by atoms with E-state index in [2.05, 4.69) is 15.5 Å². The number of urea groups is 1. The first-order valence-corrected chi connectivity index (χ1v) is 7.08. The van der Waals surface area contributed by atoms with Gasteiger partial charge in [-0.2, -0.15) is 0 Å². The van der Waals surface area contributed by atoms with Gasteiger partial charge in [0.1, 0.15) is 6.04 Å². The van der Waals surface area contributed by atoms with Gasteiger partial charge in [-0.1, -0.05) is 0 Å². The maximum absolute atomic E-state index is 11.8. The molecular formula is C13H23N3O5. The Bertz CT molecular complexity index is 388. The summed E-state index contributed by atoms with van der Waals surface area (Å²) in [4.78, 5) is 35.4. The Morgan fingerprint density at radius 1 is 1.33 bits per heavy atom. The predicted molar refractivity (Wildman–Crippen MR) is 75.1 cm³/mol. The Labute approximate surface area is 123 Å². The van der Waals surface area contributed by atoms with Gasteiger partial charge in [-0.15, -0.1) is 0 Å². The van der Waals surface area contributed by atoms with Gasteiger partial charge in [-0.3, -0.25) is 4.79 Å². The number of hydrogen-bond acceptors (Lipinski definition) is 4. The third kappa shape index (κ3) is 6.94. The maximum Gasteiger partial charge on any atom is 0.326 e. The van der Waals surface area contributed by atoms with Crippen LogP contribution in [0.1, 0.15) is 32.1 Å². The van der Waals surface area contributed by atoms with Gasteiger partial charge in [0.05, 0.1) is 0 Å². The summed E-state index contributed by atoms with van der Waals surface area (Å²) in [5, 5.41) is 22.7. The third-order valence-corrected chi connectivity index (χ3v) is 3.45. The van der Waals surface area contributed by atoms with Crippen molar-refractivity contribution in [3.8, 4) is 0 Å². The Balaban J connectivity index is 2.37. The van der Waals surface area contributed by atoms with Crippen LogP contribution in [0.15, 0.2) is 0 Å². The summed E-state index contributed by atoms with van der Waals surface area (Å²) in [6, 6.07) is -1.57. The standard InChI is InChI=1S/C13H23N3O5/c1-16-7-3-4-9(8-16)14-13(21)15-10(12(19)20)5-2-6-11(17)18/h9-10H,2-8H2,1H3,(H,17,18)(H,19,20)(H2,14,15,21)/t9?,10-/m1/s1. The van der Waals surface area contributed by atoms with E-state index in [1.165, 1.54) is 0 Å². The predicted octanol–water partition coefficient (Wildman–Crippen LogP) is 0.0879. The summed E-state index contributed by atoms with van der Waals surface area (Å²) < 4.78 is 0. The van der Waals surface area contributed by atoms with Crippen molar-refractivity contribution in [1.82, 2.24) is 15.5 Å². The Hall–Kier alpha value is -1.83. The molecule has 0 spiro atoms. The van der Waals surface area contributed by atoms with Crippen LogP contribution in [0.2, 0.25) is 0 Å². The molecule has 1 fully saturated rings. The van der Waals surface area contributed by atoms with Crippen molar-refractivity contribution in [2.24, 2.45) is 0 Å². The minimum absolute atomic E-state index is 0.0113. The highest BCUT2D eigenvalue weighted by atomic mass is 16.4. The van der Waals surface area contributed by atoms with Crippen molar-refractivity contribution >= 4 is 18.0 Å². The number of likely N-dealkylation sites (tertiary alicyclic amines) is 1. The van der Waals surface area contributed by atoms with E-state index in [4.69, 9.17) is 10.2 Å². The number of carboxylic acid groups (broad SMARTS) is 2. The summed E-state index contributed by atoms with van der Waals surface area (Å²) >= 11 is 0. The molecule has 1 saturated heterocycles. The molecule has 0 radical (unpaired) electrons. The molecular weight excluding hydrogens is 278 g/mol. The van der Waals surface area contributed by atoms with Crippen LogP contribution in [0.4, 0.5) is 4.79 Å². The average molecular weight is 301 g/mol. The molecule has 0 aromatic heterocycles. The molecule has 0 saturated carbocycles. The molecule has 0 aliphatic carbocycles. The van der Waals surface area contributed by atoms with Crippen LogP contribution in [0, 0.1) is 0 Å². The van der Waals surface area contributed by atoms with Crippen molar-refractivity contribution in [2.45, 2.75) is 44.2 Å². The van der Waals surface area contributed by atoms with E-state index in [1.807, 2.05) is 7.05 Å². The lowest BCUT2D eigenvalue weighted by atomic mass is 10.1. The summed E-state index contributed by atoms with van der Waals surface area (Å²) in [5.74, 6) is -2.13. The summed E-state index contributed by atoms with van der Waals surface area (Å²) in [5.41, 5.74) is 0. The van der Waals surface area contributed by atoms with E-state index in [-0.39, 0.29) is 25.3 Å². The first-order valence-electron chi connectivity index (χ1n) is 7.08. The number of carboxylic acids is 2. The lowest BCUT2D eigenvalue weighted by Gasteiger charge is -2.30. The normalized spacial score (nSPS) is 20.5. The summed E-state index contributed by atoms with van der Waals surface area (Å²) in [6.45, 7) is 1.73. The van der Waals surface area contributed by atoms with Crippen molar-refractivity contribution in [1.29, 1.82) is 0 Å². The van der Waals surface area contributed by atoms with Crippen molar-refractivity contribution in [2.75, 3.05) is 20.1 Å².